The monoisotopic (exact) mass is 700 g/mol. The van der Waals surface area contributed by atoms with Gasteiger partial charge in [-0.05, 0) is 84.4 Å². The van der Waals surface area contributed by atoms with Gasteiger partial charge in [0.2, 0.25) is 0 Å². The number of rotatable bonds is 9. The van der Waals surface area contributed by atoms with Gasteiger partial charge < -0.3 is 14.9 Å². The van der Waals surface area contributed by atoms with E-state index in [0.29, 0.717) is 31.4 Å². The highest BCUT2D eigenvalue weighted by atomic mass is 79.9. The van der Waals surface area contributed by atoms with Crippen LogP contribution in [0.4, 0.5) is 0 Å². The van der Waals surface area contributed by atoms with E-state index in [4.69, 9.17) is 4.74 Å². The number of carboxylic acid groups (broad SMARTS) is 1. The van der Waals surface area contributed by atoms with E-state index >= 15 is 0 Å². The highest BCUT2D eigenvalue weighted by Crippen LogP contribution is 2.42. The molecule has 0 saturated carbocycles. The first kappa shape index (κ1) is 30.2. The van der Waals surface area contributed by atoms with Crippen molar-refractivity contribution in [3.63, 3.8) is 0 Å². The molecule has 0 fully saturated rings. The topological polar surface area (TPSA) is 101 Å². The maximum Gasteiger partial charge on any atom is 0.307 e. The molecule has 5 rings (SSSR count). The lowest BCUT2D eigenvalue weighted by Crippen LogP contribution is -2.12. The lowest BCUT2D eigenvalue weighted by Gasteiger charge is -2.18. The van der Waals surface area contributed by atoms with E-state index < -0.39 is 11.8 Å². The molecule has 2 N–H and O–H groups in total. The van der Waals surface area contributed by atoms with Crippen LogP contribution in [0.1, 0.15) is 62.7 Å². The third-order valence-corrected chi connectivity index (χ3v) is 8.23. The minimum Gasteiger partial charge on any atom is -0.508 e. The standard InChI is InChI=1S/C35H26Br2O6/c1-19(2)26-18-31(43-35-28(36)13-20(14-29(35)37)15-32(39)40)27(17-30(26)38)34(42)25-10-6-5-9-24(25)33(41)23-12-11-21-7-3-4-8-22(21)16-23/h3-14,16-19,38H,15H2,1-2H3,(H,39,40). The molecular formula is C35H26Br2O6. The van der Waals surface area contributed by atoms with E-state index in [0.717, 1.165) is 10.8 Å². The largest absolute Gasteiger partial charge is 0.508 e. The lowest BCUT2D eigenvalue weighted by atomic mass is 9.91. The average molecular weight is 702 g/mol. The summed E-state index contributed by atoms with van der Waals surface area (Å²) in [6, 6.07) is 26.0. The second kappa shape index (κ2) is 12.5. The molecule has 5 aromatic rings. The van der Waals surface area contributed by atoms with Crippen LogP contribution in [0.2, 0.25) is 0 Å². The number of halogens is 2. The van der Waals surface area contributed by atoms with Gasteiger partial charge in [-0.2, -0.15) is 0 Å². The summed E-state index contributed by atoms with van der Waals surface area (Å²) in [6.07, 6.45) is -0.181. The minimum absolute atomic E-state index is 0.0640. The number of hydrogen-bond donors (Lipinski definition) is 2. The Morgan fingerprint density at radius 3 is 1.98 bits per heavy atom. The fourth-order valence-corrected chi connectivity index (χ4v) is 6.36. The number of aromatic hydroxyl groups is 1. The third-order valence-electron chi connectivity index (χ3n) is 7.05. The van der Waals surface area contributed by atoms with Crippen molar-refractivity contribution in [3.8, 4) is 17.2 Å². The van der Waals surface area contributed by atoms with Crippen LogP contribution in [0.25, 0.3) is 10.8 Å². The van der Waals surface area contributed by atoms with Crippen LogP contribution >= 0.6 is 31.9 Å². The molecule has 0 spiro atoms. The maximum atomic E-state index is 14.2. The first-order valence-electron chi connectivity index (χ1n) is 13.4. The van der Waals surface area contributed by atoms with Gasteiger partial charge in [-0.15, -0.1) is 0 Å². The molecule has 0 aliphatic rings. The molecule has 5 aromatic carbocycles. The highest BCUT2D eigenvalue weighted by molar-refractivity contribution is 9.11. The molecule has 6 nitrogen and oxygen atoms in total. The smallest absolute Gasteiger partial charge is 0.307 e. The van der Waals surface area contributed by atoms with E-state index in [1.54, 1.807) is 54.6 Å². The normalized spacial score (nSPS) is 11.1. The summed E-state index contributed by atoms with van der Waals surface area (Å²) < 4.78 is 7.24. The first-order chi connectivity index (χ1) is 20.5. The van der Waals surface area contributed by atoms with Gasteiger partial charge in [0.1, 0.15) is 11.5 Å². The zero-order chi connectivity index (χ0) is 30.8. The number of ketones is 2. The Hall–Kier alpha value is -4.27. The number of carbonyl (C=O) groups is 3. The molecule has 0 aromatic heterocycles. The van der Waals surface area contributed by atoms with Crippen LogP contribution in [0.5, 0.6) is 17.2 Å². The van der Waals surface area contributed by atoms with Crippen molar-refractivity contribution in [2.45, 2.75) is 26.2 Å². The van der Waals surface area contributed by atoms with Gasteiger partial charge in [0.05, 0.1) is 20.9 Å². The van der Waals surface area contributed by atoms with Crippen molar-refractivity contribution in [3.05, 3.63) is 133 Å². The zero-order valence-electron chi connectivity index (χ0n) is 23.2. The lowest BCUT2D eigenvalue weighted by molar-refractivity contribution is -0.136. The van der Waals surface area contributed by atoms with Gasteiger partial charge in [0.15, 0.2) is 17.3 Å². The molecule has 0 saturated heterocycles. The van der Waals surface area contributed by atoms with Crippen molar-refractivity contribution >= 4 is 60.2 Å². The number of ether oxygens (including phenoxy) is 1. The van der Waals surface area contributed by atoms with Crippen LogP contribution in [0.3, 0.4) is 0 Å². The molecule has 0 radical (unpaired) electrons. The SMILES string of the molecule is CC(C)c1cc(Oc2c(Br)cc(CC(=O)O)cc2Br)c(C(=O)c2ccccc2C(=O)c2ccc3ccccc3c2)cc1O. The van der Waals surface area contributed by atoms with Crippen LogP contribution in [0.15, 0.2) is 99.9 Å². The van der Waals surface area contributed by atoms with Crippen molar-refractivity contribution in [1.82, 2.24) is 0 Å². The number of hydrogen-bond acceptors (Lipinski definition) is 5. The summed E-state index contributed by atoms with van der Waals surface area (Å²) in [7, 11) is 0. The molecule has 0 aliphatic carbocycles. The molecule has 216 valence electrons. The minimum atomic E-state index is -0.975. The Bertz CT molecular complexity index is 1890. The summed E-state index contributed by atoms with van der Waals surface area (Å²) in [5.74, 6) is -1.44. The van der Waals surface area contributed by atoms with Gasteiger partial charge in [-0.3, -0.25) is 14.4 Å². The number of carboxylic acids is 1. The molecule has 0 bridgehead atoms. The van der Waals surface area contributed by atoms with Crippen LogP contribution in [-0.2, 0) is 11.2 Å². The van der Waals surface area contributed by atoms with E-state index in [1.807, 2.05) is 44.2 Å². The molecule has 43 heavy (non-hydrogen) atoms. The summed E-state index contributed by atoms with van der Waals surface area (Å²) in [4.78, 5) is 39.1. The molecule has 0 aliphatic heterocycles. The number of carbonyl (C=O) groups excluding carboxylic acids is 2. The summed E-state index contributed by atoms with van der Waals surface area (Å²) >= 11 is 6.92. The van der Waals surface area contributed by atoms with Gasteiger partial charge in [-0.1, -0.05) is 74.5 Å². The van der Waals surface area contributed by atoms with Crippen LogP contribution < -0.4 is 4.74 Å². The number of benzene rings is 5. The van der Waals surface area contributed by atoms with Gasteiger partial charge in [0.25, 0.3) is 0 Å². The molecule has 8 heteroatoms. The van der Waals surface area contributed by atoms with Gasteiger partial charge in [0, 0.05) is 22.3 Å². The van der Waals surface area contributed by atoms with Crippen molar-refractivity contribution < 1.29 is 29.3 Å². The van der Waals surface area contributed by atoms with Crippen molar-refractivity contribution in [2.24, 2.45) is 0 Å². The van der Waals surface area contributed by atoms with E-state index in [-0.39, 0.29) is 46.3 Å². The quantitative estimate of drug-likeness (QED) is 0.149. The first-order valence-corrected chi connectivity index (χ1v) is 15.0. The summed E-state index contributed by atoms with van der Waals surface area (Å²) in [5.41, 5.74) is 2.02. The van der Waals surface area contributed by atoms with E-state index in [1.165, 1.54) is 6.07 Å². The van der Waals surface area contributed by atoms with E-state index in [2.05, 4.69) is 31.9 Å². The zero-order valence-corrected chi connectivity index (χ0v) is 26.4. The van der Waals surface area contributed by atoms with Gasteiger partial charge >= 0.3 is 5.97 Å². The maximum absolute atomic E-state index is 14.2. The molecular weight excluding hydrogens is 676 g/mol. The summed E-state index contributed by atoms with van der Waals surface area (Å²) in [6.45, 7) is 3.81. The van der Waals surface area contributed by atoms with Gasteiger partial charge in [-0.25, -0.2) is 0 Å². The predicted molar refractivity (Wildman–Crippen MR) is 173 cm³/mol. The van der Waals surface area contributed by atoms with Crippen molar-refractivity contribution in [2.75, 3.05) is 0 Å². The molecule has 0 heterocycles. The fourth-order valence-electron chi connectivity index (χ4n) is 4.92. The Labute approximate surface area is 265 Å². The Kier molecular flexibility index (Phi) is 8.80. The Morgan fingerprint density at radius 1 is 0.744 bits per heavy atom. The fraction of sp³-hybridized carbons (Fsp3) is 0.114. The Morgan fingerprint density at radius 2 is 1.35 bits per heavy atom. The second-order valence-corrected chi connectivity index (χ2v) is 12.1. The molecule has 0 unspecified atom stereocenters. The number of phenolic OH excluding ortho intramolecular Hbond substituents is 1. The number of fused-ring (bicyclic) bond motifs is 1. The van der Waals surface area contributed by atoms with E-state index in [9.17, 15) is 24.6 Å². The number of aliphatic carboxylic acids is 1. The highest BCUT2D eigenvalue weighted by Gasteiger charge is 2.25. The van der Waals surface area contributed by atoms with Crippen LogP contribution in [0, 0.1) is 0 Å². The van der Waals surface area contributed by atoms with Crippen molar-refractivity contribution in [1.29, 1.82) is 0 Å². The predicted octanol–water partition coefficient (Wildman–Crippen LogP) is 9.08. The third kappa shape index (κ3) is 6.40. The van der Waals surface area contributed by atoms with Crippen LogP contribution in [-0.4, -0.2) is 27.7 Å². The number of phenols is 1. The molecule has 0 atom stereocenters. The second-order valence-electron chi connectivity index (χ2n) is 10.4. The Balaban J connectivity index is 1.59. The molecule has 0 amide bonds. The average Bonchev–Trinajstić information content (AvgIpc) is 2.98. The summed E-state index contributed by atoms with van der Waals surface area (Å²) in [5, 5.41) is 22.0.